The molecule has 0 aromatic heterocycles. The maximum absolute atomic E-state index is 12.3. The number of amides is 1. The number of alkyl halides is 1. The van der Waals surface area contributed by atoms with E-state index < -0.39 is 10.0 Å². The van der Waals surface area contributed by atoms with Crippen LogP contribution in [0.5, 0.6) is 0 Å². The Morgan fingerprint density at radius 3 is 2.38 bits per heavy atom. The fourth-order valence-corrected chi connectivity index (χ4v) is 4.14. The van der Waals surface area contributed by atoms with Crippen LogP contribution < -0.4 is 10.0 Å². The van der Waals surface area contributed by atoms with Gasteiger partial charge in [-0.3, -0.25) is 4.79 Å². The topological polar surface area (TPSA) is 75.3 Å². The van der Waals surface area contributed by atoms with E-state index in [-0.39, 0.29) is 22.2 Å². The normalized spacial score (nSPS) is 22.8. The minimum absolute atomic E-state index is 0.160. The van der Waals surface area contributed by atoms with Gasteiger partial charge in [0.25, 0.3) is 0 Å². The van der Waals surface area contributed by atoms with Gasteiger partial charge >= 0.3 is 0 Å². The van der Waals surface area contributed by atoms with Crippen molar-refractivity contribution >= 4 is 33.2 Å². The second-order valence-corrected chi connectivity index (χ2v) is 7.51. The lowest BCUT2D eigenvalue weighted by atomic mass is 9.96. The van der Waals surface area contributed by atoms with Crippen LogP contribution in [0.3, 0.4) is 0 Å². The molecule has 2 rings (SSSR count). The van der Waals surface area contributed by atoms with E-state index in [0.717, 1.165) is 25.7 Å². The van der Waals surface area contributed by atoms with Crippen LogP contribution in [0.1, 0.15) is 32.6 Å². The Morgan fingerprint density at radius 2 is 1.81 bits per heavy atom. The van der Waals surface area contributed by atoms with E-state index in [1.807, 2.05) is 0 Å². The summed E-state index contributed by atoms with van der Waals surface area (Å²) in [5, 5.41) is 2.44. The molecule has 1 aliphatic rings. The highest BCUT2D eigenvalue weighted by atomic mass is 35.5. The van der Waals surface area contributed by atoms with Crippen LogP contribution >= 0.6 is 11.6 Å². The van der Waals surface area contributed by atoms with E-state index in [1.165, 1.54) is 19.1 Å². The standard InChI is InChI=1S/C14H19ClN2O3S/c1-10(18)16-11-6-8-12(9-7-11)21(19,20)17-14-5-3-2-4-13(14)15/h6-9,13-14,17H,2-5H2,1H3,(H,16,18). The molecule has 1 fully saturated rings. The first kappa shape index (κ1) is 16.3. The molecule has 0 saturated heterocycles. The van der Waals surface area contributed by atoms with Gasteiger partial charge in [0.2, 0.25) is 15.9 Å². The van der Waals surface area contributed by atoms with Crippen LogP contribution in [0.2, 0.25) is 0 Å². The van der Waals surface area contributed by atoms with Crippen LogP contribution in [0.25, 0.3) is 0 Å². The molecule has 1 aromatic carbocycles. The average Bonchev–Trinajstić information content (AvgIpc) is 2.41. The summed E-state index contributed by atoms with van der Waals surface area (Å²) in [5.74, 6) is -0.198. The molecule has 0 bridgehead atoms. The molecule has 21 heavy (non-hydrogen) atoms. The molecular weight excluding hydrogens is 312 g/mol. The predicted molar refractivity (Wildman–Crippen MR) is 83.0 cm³/mol. The molecule has 0 heterocycles. The highest BCUT2D eigenvalue weighted by molar-refractivity contribution is 7.89. The van der Waals surface area contributed by atoms with Crippen LogP contribution in [-0.2, 0) is 14.8 Å². The molecule has 7 heteroatoms. The van der Waals surface area contributed by atoms with Gasteiger partial charge in [0.1, 0.15) is 0 Å². The third-order valence-electron chi connectivity index (χ3n) is 3.47. The molecule has 0 aliphatic heterocycles. The molecule has 2 atom stereocenters. The summed E-state index contributed by atoms with van der Waals surface area (Å²) in [6, 6.07) is 5.85. The highest BCUT2D eigenvalue weighted by Gasteiger charge is 2.28. The summed E-state index contributed by atoms with van der Waals surface area (Å²) in [4.78, 5) is 11.1. The summed E-state index contributed by atoms with van der Waals surface area (Å²) >= 11 is 6.18. The molecule has 0 spiro atoms. The van der Waals surface area contributed by atoms with Gasteiger partial charge in [0.15, 0.2) is 0 Å². The third kappa shape index (κ3) is 4.43. The van der Waals surface area contributed by atoms with E-state index in [2.05, 4.69) is 10.0 Å². The first-order valence-electron chi connectivity index (χ1n) is 6.92. The van der Waals surface area contributed by atoms with E-state index in [4.69, 9.17) is 11.6 Å². The van der Waals surface area contributed by atoms with Crippen molar-refractivity contribution in [3.05, 3.63) is 24.3 Å². The summed E-state index contributed by atoms with van der Waals surface area (Å²) in [5.41, 5.74) is 0.564. The van der Waals surface area contributed by atoms with E-state index in [0.29, 0.717) is 5.69 Å². The van der Waals surface area contributed by atoms with Gasteiger partial charge in [0, 0.05) is 24.0 Å². The lowest BCUT2D eigenvalue weighted by molar-refractivity contribution is -0.114. The zero-order valence-corrected chi connectivity index (χ0v) is 13.4. The molecule has 5 nitrogen and oxygen atoms in total. The molecule has 116 valence electrons. The summed E-state index contributed by atoms with van der Waals surface area (Å²) < 4.78 is 27.3. The number of benzene rings is 1. The number of nitrogens with one attached hydrogen (secondary N) is 2. The Labute approximate surface area is 130 Å². The number of hydrogen-bond donors (Lipinski definition) is 2. The SMILES string of the molecule is CC(=O)Nc1ccc(S(=O)(=O)NC2CCCCC2Cl)cc1. The van der Waals surface area contributed by atoms with E-state index in [9.17, 15) is 13.2 Å². The first-order valence-corrected chi connectivity index (χ1v) is 8.84. The number of sulfonamides is 1. The van der Waals surface area contributed by atoms with E-state index >= 15 is 0 Å². The smallest absolute Gasteiger partial charge is 0.240 e. The van der Waals surface area contributed by atoms with E-state index in [1.54, 1.807) is 12.1 Å². The van der Waals surface area contributed by atoms with Gasteiger partial charge in [-0.05, 0) is 37.1 Å². The number of hydrogen-bond acceptors (Lipinski definition) is 3. The lowest BCUT2D eigenvalue weighted by Crippen LogP contribution is -2.42. The number of carbonyl (C=O) groups is 1. The number of rotatable bonds is 4. The van der Waals surface area contributed by atoms with Crippen molar-refractivity contribution in [3.63, 3.8) is 0 Å². The largest absolute Gasteiger partial charge is 0.326 e. The first-order chi connectivity index (χ1) is 9.88. The Kier molecular flexibility index (Phi) is 5.24. The van der Waals surface area contributed by atoms with Gasteiger partial charge < -0.3 is 5.32 Å². The van der Waals surface area contributed by atoms with Crippen molar-refractivity contribution in [2.24, 2.45) is 0 Å². The molecule has 2 N–H and O–H groups in total. The zero-order chi connectivity index (χ0) is 15.5. The predicted octanol–water partition coefficient (Wildman–Crippen LogP) is 2.47. The highest BCUT2D eigenvalue weighted by Crippen LogP contribution is 2.25. The summed E-state index contributed by atoms with van der Waals surface area (Å²) in [7, 11) is -3.59. The number of anilines is 1. The summed E-state index contributed by atoms with van der Waals surface area (Å²) in [6.07, 6.45) is 3.61. The maximum Gasteiger partial charge on any atom is 0.240 e. The summed E-state index contributed by atoms with van der Waals surface area (Å²) in [6.45, 7) is 1.40. The van der Waals surface area contributed by atoms with Crippen LogP contribution in [-0.4, -0.2) is 25.7 Å². The zero-order valence-electron chi connectivity index (χ0n) is 11.8. The van der Waals surface area contributed by atoms with Crippen molar-refractivity contribution in [1.29, 1.82) is 0 Å². The fraction of sp³-hybridized carbons (Fsp3) is 0.500. The Morgan fingerprint density at radius 1 is 1.19 bits per heavy atom. The average molecular weight is 331 g/mol. The van der Waals surface area contributed by atoms with Crippen molar-refractivity contribution < 1.29 is 13.2 Å². The monoisotopic (exact) mass is 330 g/mol. The maximum atomic E-state index is 12.3. The number of halogens is 1. The van der Waals surface area contributed by atoms with Crippen molar-refractivity contribution in [1.82, 2.24) is 4.72 Å². The Bertz CT molecular complexity index is 601. The van der Waals surface area contributed by atoms with Crippen molar-refractivity contribution in [2.45, 2.75) is 48.9 Å². The fourth-order valence-electron chi connectivity index (χ4n) is 2.41. The van der Waals surface area contributed by atoms with Crippen molar-refractivity contribution in [2.75, 3.05) is 5.32 Å². The number of carbonyl (C=O) groups excluding carboxylic acids is 1. The second-order valence-electron chi connectivity index (χ2n) is 5.23. The Hall–Kier alpha value is -1.11. The Balaban J connectivity index is 2.10. The molecule has 0 radical (unpaired) electrons. The van der Waals surface area contributed by atoms with Crippen LogP contribution in [0.4, 0.5) is 5.69 Å². The lowest BCUT2D eigenvalue weighted by Gasteiger charge is -2.27. The second kappa shape index (κ2) is 6.77. The molecular formula is C14H19ClN2O3S. The minimum atomic E-state index is -3.59. The van der Waals surface area contributed by atoms with Crippen LogP contribution in [0.15, 0.2) is 29.2 Å². The van der Waals surface area contributed by atoms with Crippen LogP contribution in [0, 0.1) is 0 Å². The van der Waals surface area contributed by atoms with Gasteiger partial charge in [-0.25, -0.2) is 13.1 Å². The van der Waals surface area contributed by atoms with Crippen molar-refractivity contribution in [3.8, 4) is 0 Å². The van der Waals surface area contributed by atoms with Gasteiger partial charge in [-0.15, -0.1) is 11.6 Å². The molecule has 1 amide bonds. The molecule has 1 aromatic rings. The minimum Gasteiger partial charge on any atom is -0.326 e. The molecule has 2 unspecified atom stereocenters. The van der Waals surface area contributed by atoms with Gasteiger partial charge in [0.05, 0.1) is 4.90 Å². The van der Waals surface area contributed by atoms with Gasteiger partial charge in [-0.2, -0.15) is 0 Å². The quantitative estimate of drug-likeness (QED) is 0.833. The molecule has 1 aliphatic carbocycles. The van der Waals surface area contributed by atoms with Gasteiger partial charge in [-0.1, -0.05) is 12.8 Å². The molecule has 1 saturated carbocycles. The third-order valence-corrected chi connectivity index (χ3v) is 5.50.